The number of nitrogens with two attached hydrogens (primary N) is 1. The van der Waals surface area contributed by atoms with Gasteiger partial charge in [0.1, 0.15) is 34.5 Å². The number of ether oxygens (including phenoxy) is 2. The predicted molar refractivity (Wildman–Crippen MR) is 148 cm³/mol. The predicted octanol–water partition coefficient (Wildman–Crippen LogP) is 4.01. The average Bonchev–Trinajstić information content (AvgIpc) is 3.15. The Hall–Kier alpha value is -3.08. The largest absolute Gasteiger partial charge is 0.489 e. The number of nitrogen functional groups attached to an aromatic ring is 1. The van der Waals surface area contributed by atoms with E-state index in [1.165, 1.54) is 18.2 Å². The Balaban J connectivity index is 1.71. The number of carbonyl (C=O) groups excluding carboxylic acids is 2. The van der Waals surface area contributed by atoms with Crippen molar-refractivity contribution in [3.63, 3.8) is 0 Å². The highest BCUT2D eigenvalue weighted by atomic mass is 35.5. The molecule has 4 heterocycles. The molecule has 2 atom stereocenters. The zero-order valence-corrected chi connectivity index (χ0v) is 23.5. The van der Waals surface area contributed by atoms with Gasteiger partial charge in [0.05, 0.1) is 28.4 Å². The molecule has 0 radical (unpaired) electrons. The number of hydrogen-bond donors (Lipinski definition) is 1. The highest BCUT2D eigenvalue weighted by molar-refractivity contribution is 6.37. The molecule has 9 nitrogen and oxygen atoms in total. The van der Waals surface area contributed by atoms with E-state index in [1.54, 1.807) is 16.9 Å². The fourth-order valence-electron chi connectivity index (χ4n) is 5.66. The molecule has 2 N–H and O–H groups in total. The van der Waals surface area contributed by atoms with Crippen molar-refractivity contribution in [2.75, 3.05) is 50.5 Å². The van der Waals surface area contributed by atoms with Crippen LogP contribution < -0.4 is 15.4 Å². The summed E-state index contributed by atoms with van der Waals surface area (Å²) in [6.45, 7) is 9.03. The minimum atomic E-state index is -0.663. The third-order valence-electron chi connectivity index (χ3n) is 7.75. The molecule has 2 amide bonds. The standard InChI is InChI=1S/C27H30Cl2FN5O4/c1-5-18(36)33-8-9-34-14(11-33)13-39-24-20(26(34)37)25(35-12-15(38-4)10-27(35,2)3)32-23(21(24)29)19-17(30)7-6-16(28)22(19)31/h5-7,14-15H,1,8-13,31H2,2-4H3. The van der Waals surface area contributed by atoms with Gasteiger partial charge in [-0.1, -0.05) is 29.8 Å². The molecule has 0 aliphatic carbocycles. The van der Waals surface area contributed by atoms with Gasteiger partial charge in [-0.05, 0) is 38.5 Å². The molecule has 2 unspecified atom stereocenters. The van der Waals surface area contributed by atoms with E-state index in [9.17, 15) is 9.59 Å². The second-order valence-electron chi connectivity index (χ2n) is 10.6. The van der Waals surface area contributed by atoms with Crippen molar-refractivity contribution in [2.24, 2.45) is 0 Å². The molecule has 3 aliphatic rings. The number of methoxy groups -OCH3 is 1. The van der Waals surface area contributed by atoms with Crippen LogP contribution in [0.15, 0.2) is 24.8 Å². The smallest absolute Gasteiger partial charge is 0.261 e. The Kier molecular flexibility index (Phi) is 7.15. The number of carbonyl (C=O) groups is 2. The summed E-state index contributed by atoms with van der Waals surface area (Å²) in [7, 11) is 1.64. The van der Waals surface area contributed by atoms with E-state index in [0.29, 0.717) is 31.9 Å². The number of anilines is 2. The maximum absolute atomic E-state index is 15.2. The first-order chi connectivity index (χ1) is 18.5. The summed E-state index contributed by atoms with van der Waals surface area (Å²) in [5.74, 6) is -0.826. The lowest BCUT2D eigenvalue weighted by molar-refractivity contribution is -0.128. The fraction of sp³-hybridized carbons (Fsp3) is 0.444. The first kappa shape index (κ1) is 27.5. The third-order valence-corrected chi connectivity index (χ3v) is 8.43. The van der Waals surface area contributed by atoms with E-state index in [1.807, 2.05) is 18.7 Å². The van der Waals surface area contributed by atoms with Crippen molar-refractivity contribution in [1.29, 1.82) is 0 Å². The lowest BCUT2D eigenvalue weighted by atomic mass is 9.99. The zero-order valence-electron chi connectivity index (χ0n) is 22.0. The van der Waals surface area contributed by atoms with Crippen LogP contribution in [0.4, 0.5) is 15.9 Å². The second-order valence-corrected chi connectivity index (χ2v) is 11.3. The normalized spacial score (nSPS) is 22.2. The molecule has 2 saturated heterocycles. The summed E-state index contributed by atoms with van der Waals surface area (Å²) < 4.78 is 27.1. The number of amides is 2. The van der Waals surface area contributed by atoms with E-state index in [0.717, 1.165) is 0 Å². The van der Waals surface area contributed by atoms with E-state index in [-0.39, 0.29) is 69.4 Å². The Morgan fingerprint density at radius 1 is 1.28 bits per heavy atom. The molecule has 1 aromatic carbocycles. The summed E-state index contributed by atoms with van der Waals surface area (Å²) >= 11 is 13.1. The third kappa shape index (κ3) is 4.58. The number of piperazine rings is 1. The number of hydrogen-bond acceptors (Lipinski definition) is 7. The van der Waals surface area contributed by atoms with Gasteiger partial charge in [-0.25, -0.2) is 9.37 Å². The van der Waals surface area contributed by atoms with Gasteiger partial charge < -0.3 is 29.9 Å². The summed E-state index contributed by atoms with van der Waals surface area (Å²) in [6, 6.07) is 2.12. The summed E-state index contributed by atoms with van der Waals surface area (Å²) in [5, 5.41) is 0.0944. The monoisotopic (exact) mass is 577 g/mol. The summed E-state index contributed by atoms with van der Waals surface area (Å²) in [6.07, 6.45) is 1.80. The van der Waals surface area contributed by atoms with Crippen molar-refractivity contribution < 1.29 is 23.5 Å². The molecule has 5 rings (SSSR count). The number of benzene rings is 1. The van der Waals surface area contributed by atoms with Gasteiger partial charge in [0, 0.05) is 38.8 Å². The maximum Gasteiger partial charge on any atom is 0.261 e. The van der Waals surface area contributed by atoms with E-state index in [2.05, 4.69) is 6.58 Å². The molecule has 0 saturated carbocycles. The summed E-state index contributed by atoms with van der Waals surface area (Å²) in [4.78, 5) is 36.6. The molecule has 3 aliphatic heterocycles. The Bertz CT molecular complexity index is 1370. The number of pyridine rings is 1. The molecule has 2 fully saturated rings. The molecule has 39 heavy (non-hydrogen) atoms. The highest BCUT2D eigenvalue weighted by Crippen LogP contribution is 2.48. The van der Waals surface area contributed by atoms with Gasteiger partial charge in [0.15, 0.2) is 5.75 Å². The van der Waals surface area contributed by atoms with Crippen LogP contribution in [-0.4, -0.2) is 84.2 Å². The van der Waals surface area contributed by atoms with Crippen LogP contribution in [0.1, 0.15) is 30.6 Å². The molecule has 1 aromatic heterocycles. The zero-order chi connectivity index (χ0) is 28.2. The van der Waals surface area contributed by atoms with E-state index >= 15 is 4.39 Å². The van der Waals surface area contributed by atoms with Crippen molar-refractivity contribution >= 4 is 46.5 Å². The molecule has 0 spiro atoms. The van der Waals surface area contributed by atoms with Gasteiger partial charge >= 0.3 is 0 Å². The SMILES string of the molecule is C=CC(=O)N1CCN2C(=O)c3c(N4CC(OC)CC4(C)C)nc(-c4c(F)ccc(Cl)c4N)c(Cl)c3OCC2C1. The average molecular weight is 578 g/mol. The molecular weight excluding hydrogens is 548 g/mol. The Labute approximate surface area is 236 Å². The minimum absolute atomic E-state index is 0.0238. The lowest BCUT2D eigenvalue weighted by Gasteiger charge is -2.40. The maximum atomic E-state index is 15.2. The number of rotatable bonds is 4. The Morgan fingerprint density at radius 3 is 2.69 bits per heavy atom. The van der Waals surface area contributed by atoms with Crippen LogP contribution in [-0.2, 0) is 9.53 Å². The highest BCUT2D eigenvalue weighted by Gasteiger charge is 2.45. The molecule has 2 aromatic rings. The van der Waals surface area contributed by atoms with Crippen molar-refractivity contribution in [3.8, 4) is 17.0 Å². The van der Waals surface area contributed by atoms with Gasteiger partial charge in [-0.3, -0.25) is 9.59 Å². The quantitative estimate of drug-likeness (QED) is 0.432. The van der Waals surface area contributed by atoms with Crippen LogP contribution in [0.3, 0.4) is 0 Å². The number of nitrogens with zero attached hydrogens (tertiary/aromatic N) is 4. The lowest BCUT2D eigenvalue weighted by Crippen LogP contribution is -2.57. The Morgan fingerprint density at radius 2 is 2.03 bits per heavy atom. The number of halogens is 3. The molecule has 0 bridgehead atoms. The second kappa shape index (κ2) is 10.1. The number of aromatic nitrogens is 1. The first-order valence-electron chi connectivity index (χ1n) is 12.6. The van der Waals surface area contributed by atoms with E-state index < -0.39 is 17.4 Å². The fourth-order valence-corrected chi connectivity index (χ4v) is 6.10. The first-order valence-corrected chi connectivity index (χ1v) is 13.4. The van der Waals surface area contributed by atoms with Crippen LogP contribution in [0.25, 0.3) is 11.3 Å². The van der Waals surface area contributed by atoms with E-state index in [4.69, 9.17) is 43.4 Å². The van der Waals surface area contributed by atoms with Crippen LogP contribution in [0, 0.1) is 5.82 Å². The summed E-state index contributed by atoms with van der Waals surface area (Å²) in [5.41, 5.74) is 5.85. The molecule has 12 heteroatoms. The topological polar surface area (TPSA) is 101 Å². The van der Waals surface area contributed by atoms with Crippen molar-refractivity contribution in [3.05, 3.63) is 46.2 Å². The van der Waals surface area contributed by atoms with Crippen molar-refractivity contribution in [1.82, 2.24) is 14.8 Å². The molecular formula is C27H30Cl2FN5O4. The van der Waals surface area contributed by atoms with Gasteiger partial charge in [-0.2, -0.15) is 0 Å². The van der Waals surface area contributed by atoms with Gasteiger partial charge in [0.2, 0.25) is 5.91 Å². The van der Waals surface area contributed by atoms with Crippen LogP contribution >= 0.6 is 23.2 Å². The number of fused-ring (bicyclic) bond motifs is 2. The van der Waals surface area contributed by atoms with Crippen molar-refractivity contribution in [2.45, 2.75) is 38.0 Å². The van der Waals surface area contributed by atoms with Crippen LogP contribution in [0.2, 0.25) is 10.0 Å². The minimum Gasteiger partial charge on any atom is -0.489 e. The van der Waals surface area contributed by atoms with Crippen LogP contribution in [0.5, 0.6) is 5.75 Å². The van der Waals surface area contributed by atoms with Gasteiger partial charge in [-0.15, -0.1) is 0 Å². The molecule has 208 valence electrons. The van der Waals surface area contributed by atoms with Gasteiger partial charge in [0.25, 0.3) is 5.91 Å².